The molecule has 0 saturated heterocycles. The number of amides is 2. The van der Waals surface area contributed by atoms with Crippen LogP contribution in [0.5, 0.6) is 11.5 Å². The van der Waals surface area contributed by atoms with Gasteiger partial charge in [0.1, 0.15) is 18.1 Å². The van der Waals surface area contributed by atoms with Gasteiger partial charge in [-0.1, -0.05) is 75.4 Å². The minimum atomic E-state index is -0.308. The lowest BCUT2D eigenvalue weighted by Gasteiger charge is -2.31. The molecule has 1 aromatic heterocycles. The zero-order valence-electron chi connectivity index (χ0n) is 21.7. The summed E-state index contributed by atoms with van der Waals surface area (Å²) in [6, 6.07) is 26.7. The van der Waals surface area contributed by atoms with Gasteiger partial charge in [-0.25, -0.2) is 4.79 Å². The standard InChI is InChI=1S/C31H33N3O3/c1-31(2,3)29(23-13-10-18-32-20-23)34-30(35)33-27-17-16-24(37-21-22-11-6-5-7-12-22)19-26(27)25-14-8-9-15-28(25)36-4/h5-20,29H,21H2,1-4H3,(H2,33,34,35). The van der Waals surface area contributed by atoms with Crippen LogP contribution in [0.2, 0.25) is 0 Å². The van der Waals surface area contributed by atoms with E-state index in [1.54, 1.807) is 19.5 Å². The van der Waals surface area contributed by atoms with E-state index in [4.69, 9.17) is 9.47 Å². The summed E-state index contributed by atoms with van der Waals surface area (Å²) in [4.78, 5) is 17.5. The lowest BCUT2D eigenvalue weighted by Crippen LogP contribution is -2.39. The van der Waals surface area contributed by atoms with Gasteiger partial charge in [-0.05, 0) is 46.9 Å². The summed E-state index contributed by atoms with van der Waals surface area (Å²) in [6.07, 6.45) is 3.51. The number of anilines is 1. The first-order chi connectivity index (χ1) is 17.8. The van der Waals surface area contributed by atoms with Crippen LogP contribution in [0.1, 0.15) is 37.9 Å². The molecule has 190 valence electrons. The number of para-hydroxylation sites is 1. The average molecular weight is 496 g/mol. The molecule has 3 aromatic carbocycles. The number of benzene rings is 3. The molecule has 6 heteroatoms. The van der Waals surface area contributed by atoms with E-state index >= 15 is 0 Å². The fourth-order valence-corrected chi connectivity index (χ4v) is 4.19. The van der Waals surface area contributed by atoms with Crippen molar-refractivity contribution in [3.63, 3.8) is 0 Å². The Morgan fingerprint density at radius 2 is 1.68 bits per heavy atom. The van der Waals surface area contributed by atoms with Gasteiger partial charge in [0, 0.05) is 23.5 Å². The maximum Gasteiger partial charge on any atom is 0.319 e. The highest BCUT2D eigenvalue weighted by atomic mass is 16.5. The van der Waals surface area contributed by atoms with Crippen LogP contribution in [0.15, 0.2) is 97.3 Å². The van der Waals surface area contributed by atoms with E-state index in [-0.39, 0.29) is 17.5 Å². The number of pyridine rings is 1. The van der Waals surface area contributed by atoms with Gasteiger partial charge in [-0.3, -0.25) is 4.98 Å². The van der Waals surface area contributed by atoms with Gasteiger partial charge in [0.2, 0.25) is 0 Å². The molecule has 37 heavy (non-hydrogen) atoms. The molecular formula is C31H33N3O3. The van der Waals surface area contributed by atoms with Gasteiger partial charge in [0.05, 0.1) is 18.8 Å². The summed E-state index contributed by atoms with van der Waals surface area (Å²) >= 11 is 0. The Morgan fingerprint density at radius 3 is 2.38 bits per heavy atom. The fraction of sp³-hybridized carbons (Fsp3) is 0.226. The van der Waals surface area contributed by atoms with Crippen LogP contribution in [0, 0.1) is 5.41 Å². The fourth-order valence-electron chi connectivity index (χ4n) is 4.19. The number of carbonyl (C=O) groups excluding carboxylic acids is 1. The number of hydrogen-bond donors (Lipinski definition) is 2. The highest BCUT2D eigenvalue weighted by Crippen LogP contribution is 2.38. The predicted octanol–water partition coefficient (Wildman–Crippen LogP) is 7.25. The van der Waals surface area contributed by atoms with Crippen molar-refractivity contribution in [3.8, 4) is 22.6 Å². The molecule has 2 N–H and O–H groups in total. The highest BCUT2D eigenvalue weighted by Gasteiger charge is 2.28. The number of aromatic nitrogens is 1. The average Bonchev–Trinajstić information content (AvgIpc) is 2.91. The first kappa shape index (κ1) is 25.8. The Bertz CT molecular complexity index is 1320. The van der Waals surface area contributed by atoms with Crippen LogP contribution < -0.4 is 20.1 Å². The topological polar surface area (TPSA) is 72.5 Å². The molecule has 0 bridgehead atoms. The number of rotatable bonds is 8. The summed E-state index contributed by atoms with van der Waals surface area (Å²) < 4.78 is 11.7. The number of nitrogens with zero attached hydrogens (tertiary/aromatic N) is 1. The van der Waals surface area contributed by atoms with Crippen molar-refractivity contribution in [2.45, 2.75) is 33.4 Å². The van der Waals surface area contributed by atoms with E-state index in [1.165, 1.54) is 0 Å². The zero-order valence-corrected chi connectivity index (χ0v) is 21.7. The Hall–Kier alpha value is -4.32. The van der Waals surface area contributed by atoms with Crippen LogP contribution in [0.4, 0.5) is 10.5 Å². The van der Waals surface area contributed by atoms with Crippen molar-refractivity contribution < 1.29 is 14.3 Å². The molecule has 4 aromatic rings. The third kappa shape index (κ3) is 6.67. The predicted molar refractivity (Wildman–Crippen MR) is 148 cm³/mol. The van der Waals surface area contributed by atoms with Gasteiger partial charge in [-0.15, -0.1) is 0 Å². The molecule has 1 atom stereocenters. The normalized spacial score (nSPS) is 11.9. The molecule has 0 aliphatic rings. The van der Waals surface area contributed by atoms with Crippen LogP contribution >= 0.6 is 0 Å². The summed E-state index contributed by atoms with van der Waals surface area (Å²) in [6.45, 7) is 6.70. The number of carbonyl (C=O) groups is 1. The maximum absolute atomic E-state index is 13.3. The first-order valence-corrected chi connectivity index (χ1v) is 12.3. The van der Waals surface area contributed by atoms with Gasteiger partial charge in [0.15, 0.2) is 0 Å². The van der Waals surface area contributed by atoms with Gasteiger partial charge < -0.3 is 20.1 Å². The van der Waals surface area contributed by atoms with Crippen LogP contribution in [-0.2, 0) is 6.61 Å². The van der Waals surface area contributed by atoms with Crippen molar-refractivity contribution in [2.24, 2.45) is 5.41 Å². The van der Waals surface area contributed by atoms with Crippen LogP contribution in [0.25, 0.3) is 11.1 Å². The van der Waals surface area contributed by atoms with Gasteiger partial charge >= 0.3 is 6.03 Å². The lowest BCUT2D eigenvalue weighted by atomic mass is 9.83. The SMILES string of the molecule is COc1ccccc1-c1cc(OCc2ccccc2)ccc1NC(=O)NC(c1cccnc1)C(C)(C)C. The van der Waals surface area contributed by atoms with Gasteiger partial charge in [0.25, 0.3) is 0 Å². The van der Waals surface area contributed by atoms with Crippen molar-refractivity contribution in [3.05, 3.63) is 108 Å². The zero-order chi connectivity index (χ0) is 26.3. The number of methoxy groups -OCH3 is 1. The molecule has 0 aliphatic carbocycles. The number of nitrogens with one attached hydrogen (secondary N) is 2. The van der Waals surface area contributed by atoms with E-state index in [0.717, 1.165) is 22.3 Å². The Balaban J connectivity index is 1.62. The molecule has 0 aliphatic heterocycles. The first-order valence-electron chi connectivity index (χ1n) is 12.3. The molecule has 4 rings (SSSR count). The molecule has 0 radical (unpaired) electrons. The third-order valence-electron chi connectivity index (χ3n) is 6.04. The smallest absolute Gasteiger partial charge is 0.319 e. The Kier molecular flexibility index (Phi) is 8.08. The Morgan fingerprint density at radius 1 is 0.919 bits per heavy atom. The second-order valence-electron chi connectivity index (χ2n) is 9.87. The van der Waals surface area contributed by atoms with E-state index in [1.807, 2.05) is 84.9 Å². The number of ether oxygens (including phenoxy) is 2. The van der Waals surface area contributed by atoms with Crippen molar-refractivity contribution in [1.29, 1.82) is 0 Å². The van der Waals surface area contributed by atoms with Crippen molar-refractivity contribution in [2.75, 3.05) is 12.4 Å². The number of hydrogen-bond acceptors (Lipinski definition) is 4. The summed E-state index contributed by atoms with van der Waals surface area (Å²) in [7, 11) is 1.64. The van der Waals surface area contributed by atoms with E-state index in [9.17, 15) is 4.79 Å². The molecule has 0 spiro atoms. The van der Waals surface area contributed by atoms with E-state index in [0.29, 0.717) is 23.8 Å². The lowest BCUT2D eigenvalue weighted by molar-refractivity contribution is 0.229. The third-order valence-corrected chi connectivity index (χ3v) is 6.04. The second kappa shape index (κ2) is 11.6. The quantitative estimate of drug-likeness (QED) is 0.270. The largest absolute Gasteiger partial charge is 0.496 e. The number of urea groups is 1. The molecule has 1 heterocycles. The van der Waals surface area contributed by atoms with E-state index in [2.05, 4.69) is 36.4 Å². The molecule has 0 fully saturated rings. The van der Waals surface area contributed by atoms with Crippen molar-refractivity contribution in [1.82, 2.24) is 10.3 Å². The molecule has 6 nitrogen and oxygen atoms in total. The minimum Gasteiger partial charge on any atom is -0.496 e. The summed E-state index contributed by atoms with van der Waals surface area (Å²) in [5, 5.41) is 6.19. The second-order valence-corrected chi connectivity index (χ2v) is 9.87. The van der Waals surface area contributed by atoms with Crippen molar-refractivity contribution >= 4 is 11.7 Å². The van der Waals surface area contributed by atoms with Gasteiger partial charge in [-0.2, -0.15) is 0 Å². The van der Waals surface area contributed by atoms with E-state index < -0.39 is 0 Å². The van der Waals surface area contributed by atoms with Crippen LogP contribution in [-0.4, -0.2) is 18.1 Å². The Labute approximate surface area is 218 Å². The molecule has 2 amide bonds. The molecule has 0 saturated carbocycles. The molecular weight excluding hydrogens is 462 g/mol. The summed E-state index contributed by atoms with van der Waals surface area (Å²) in [5.74, 6) is 1.40. The monoisotopic (exact) mass is 495 g/mol. The highest BCUT2D eigenvalue weighted by molar-refractivity contribution is 5.96. The molecule has 1 unspecified atom stereocenters. The summed E-state index contributed by atoms with van der Waals surface area (Å²) in [5.41, 5.74) is 4.09. The minimum absolute atomic E-state index is 0.221. The maximum atomic E-state index is 13.3. The van der Waals surface area contributed by atoms with Crippen LogP contribution in [0.3, 0.4) is 0 Å².